The minimum Gasteiger partial charge on any atom is -0.341 e. The normalized spacial score (nSPS) is 17.1. The molecule has 2 rings (SSSR count). The van der Waals surface area contributed by atoms with Crippen molar-refractivity contribution < 1.29 is 4.79 Å². The van der Waals surface area contributed by atoms with Crippen molar-refractivity contribution in [2.24, 2.45) is 11.1 Å². The molecule has 120 valence electrons. The molecule has 0 aliphatic heterocycles. The quantitative estimate of drug-likeness (QED) is 0.869. The average Bonchev–Trinajstić information content (AvgIpc) is 2.85. The lowest BCUT2D eigenvalue weighted by atomic mass is 9.71. The van der Waals surface area contributed by atoms with E-state index in [1.165, 1.54) is 30.6 Å². The Kier molecular flexibility index (Phi) is 7.48. The van der Waals surface area contributed by atoms with E-state index >= 15 is 0 Å². The first kappa shape index (κ1) is 18.8. The maximum absolute atomic E-state index is 12.4. The second-order valence-electron chi connectivity index (χ2n) is 5.90. The van der Waals surface area contributed by atoms with Gasteiger partial charge in [0.05, 0.1) is 10.9 Å². The zero-order valence-corrected chi connectivity index (χ0v) is 14.8. The van der Waals surface area contributed by atoms with E-state index in [4.69, 9.17) is 17.3 Å². The van der Waals surface area contributed by atoms with E-state index in [1.54, 1.807) is 4.90 Å². The maximum Gasteiger partial charge on any atom is 0.223 e. The van der Waals surface area contributed by atoms with Gasteiger partial charge in [0.25, 0.3) is 0 Å². The lowest BCUT2D eigenvalue weighted by Crippen LogP contribution is -2.39. The zero-order valence-electron chi connectivity index (χ0n) is 12.4. The standard InChI is InChI=1S/C15H23ClN2OS.ClH/c1-18(10-12-5-6-13(16)20-12)14(19)9-15(11-17)7-3-2-4-8-15;/h5-6H,2-4,7-11,17H2,1H3;1H. The zero-order chi connectivity index (χ0) is 14.6. The summed E-state index contributed by atoms with van der Waals surface area (Å²) in [6.07, 6.45) is 6.45. The van der Waals surface area contributed by atoms with E-state index in [0.717, 1.165) is 22.1 Å². The fraction of sp³-hybridized carbons (Fsp3) is 0.667. The highest BCUT2D eigenvalue weighted by molar-refractivity contribution is 7.16. The average molecular weight is 351 g/mol. The van der Waals surface area contributed by atoms with Crippen molar-refractivity contribution in [1.82, 2.24) is 4.90 Å². The Balaban J connectivity index is 0.00000220. The summed E-state index contributed by atoms with van der Waals surface area (Å²) < 4.78 is 0.770. The Labute approximate surface area is 142 Å². The number of nitrogens with two attached hydrogens (primary N) is 1. The monoisotopic (exact) mass is 350 g/mol. The van der Waals surface area contributed by atoms with Crippen molar-refractivity contribution in [2.45, 2.75) is 45.1 Å². The van der Waals surface area contributed by atoms with Crippen LogP contribution < -0.4 is 5.73 Å². The minimum absolute atomic E-state index is 0. The van der Waals surface area contributed by atoms with Crippen LogP contribution in [0.1, 0.15) is 43.4 Å². The summed E-state index contributed by atoms with van der Waals surface area (Å²) in [5, 5.41) is 0. The van der Waals surface area contributed by atoms with Gasteiger partial charge in [-0.25, -0.2) is 0 Å². The summed E-state index contributed by atoms with van der Waals surface area (Å²) in [6, 6.07) is 3.86. The molecule has 0 radical (unpaired) electrons. The van der Waals surface area contributed by atoms with E-state index in [0.29, 0.717) is 19.5 Å². The molecular formula is C15H24Cl2N2OS. The molecule has 0 unspecified atom stereocenters. The van der Waals surface area contributed by atoms with Crippen molar-refractivity contribution in [1.29, 1.82) is 0 Å². The van der Waals surface area contributed by atoms with E-state index in [-0.39, 0.29) is 23.7 Å². The molecule has 0 atom stereocenters. The smallest absolute Gasteiger partial charge is 0.223 e. The first-order valence-corrected chi connectivity index (χ1v) is 8.42. The fourth-order valence-electron chi connectivity index (χ4n) is 2.97. The Morgan fingerprint density at radius 3 is 2.57 bits per heavy atom. The number of hydrogen-bond donors (Lipinski definition) is 1. The van der Waals surface area contributed by atoms with Crippen LogP contribution >= 0.6 is 35.3 Å². The summed E-state index contributed by atoms with van der Waals surface area (Å²) in [7, 11) is 1.86. The number of nitrogens with zero attached hydrogens (tertiary/aromatic N) is 1. The van der Waals surface area contributed by atoms with Gasteiger partial charge >= 0.3 is 0 Å². The van der Waals surface area contributed by atoms with Gasteiger partial charge in [-0.3, -0.25) is 4.79 Å². The van der Waals surface area contributed by atoms with Crippen LogP contribution in [-0.4, -0.2) is 24.4 Å². The molecule has 3 nitrogen and oxygen atoms in total. The molecule has 1 aromatic rings. The second-order valence-corrected chi connectivity index (χ2v) is 7.70. The van der Waals surface area contributed by atoms with Crippen LogP contribution in [-0.2, 0) is 11.3 Å². The number of carbonyl (C=O) groups is 1. The lowest BCUT2D eigenvalue weighted by molar-refractivity contribution is -0.133. The first-order valence-electron chi connectivity index (χ1n) is 7.23. The molecule has 0 spiro atoms. The minimum atomic E-state index is 0. The van der Waals surface area contributed by atoms with Gasteiger partial charge < -0.3 is 10.6 Å². The third kappa shape index (κ3) is 5.13. The highest BCUT2D eigenvalue weighted by atomic mass is 35.5. The molecule has 1 heterocycles. The Morgan fingerprint density at radius 1 is 1.38 bits per heavy atom. The summed E-state index contributed by atoms with van der Waals surface area (Å²) in [4.78, 5) is 15.3. The van der Waals surface area contributed by atoms with Crippen LogP contribution in [0.3, 0.4) is 0 Å². The van der Waals surface area contributed by atoms with Crippen molar-refractivity contribution in [3.8, 4) is 0 Å². The molecule has 0 aromatic carbocycles. The summed E-state index contributed by atoms with van der Waals surface area (Å²) >= 11 is 7.45. The van der Waals surface area contributed by atoms with Gasteiger partial charge in [-0.15, -0.1) is 23.7 Å². The highest BCUT2D eigenvalue weighted by Gasteiger charge is 2.33. The molecule has 1 aromatic heterocycles. The van der Waals surface area contributed by atoms with E-state index in [9.17, 15) is 4.79 Å². The number of rotatable bonds is 5. The van der Waals surface area contributed by atoms with Crippen LogP contribution in [0, 0.1) is 5.41 Å². The molecule has 1 aliphatic rings. The largest absolute Gasteiger partial charge is 0.341 e. The molecule has 2 N–H and O–H groups in total. The molecule has 0 bridgehead atoms. The predicted octanol–water partition coefficient (Wildman–Crippen LogP) is 4.08. The predicted molar refractivity (Wildman–Crippen MR) is 92.2 cm³/mol. The Hall–Kier alpha value is -0.290. The molecule has 0 saturated heterocycles. The highest BCUT2D eigenvalue weighted by Crippen LogP contribution is 2.38. The Bertz CT molecular complexity index is 458. The number of carbonyl (C=O) groups excluding carboxylic acids is 1. The van der Waals surface area contributed by atoms with Crippen molar-refractivity contribution in [2.75, 3.05) is 13.6 Å². The number of hydrogen-bond acceptors (Lipinski definition) is 3. The molecular weight excluding hydrogens is 327 g/mol. The molecule has 1 aliphatic carbocycles. The van der Waals surface area contributed by atoms with Crippen LogP contribution in [0.15, 0.2) is 12.1 Å². The van der Waals surface area contributed by atoms with Crippen molar-refractivity contribution in [3.05, 3.63) is 21.3 Å². The van der Waals surface area contributed by atoms with Gasteiger partial charge in [-0.1, -0.05) is 30.9 Å². The van der Waals surface area contributed by atoms with Gasteiger partial charge in [0.1, 0.15) is 0 Å². The molecule has 1 saturated carbocycles. The number of thiophene rings is 1. The van der Waals surface area contributed by atoms with Crippen LogP contribution in [0.4, 0.5) is 0 Å². The van der Waals surface area contributed by atoms with Gasteiger partial charge in [0, 0.05) is 18.3 Å². The SMILES string of the molecule is CN(Cc1ccc(Cl)s1)C(=O)CC1(CN)CCCCC1.Cl. The van der Waals surface area contributed by atoms with Crippen LogP contribution in [0.25, 0.3) is 0 Å². The first-order chi connectivity index (χ1) is 9.54. The summed E-state index contributed by atoms with van der Waals surface area (Å²) in [6.45, 7) is 1.26. The van der Waals surface area contributed by atoms with Gasteiger partial charge in [0.2, 0.25) is 5.91 Å². The maximum atomic E-state index is 12.4. The van der Waals surface area contributed by atoms with Gasteiger partial charge in [-0.05, 0) is 36.9 Å². The summed E-state index contributed by atoms with van der Waals surface area (Å²) in [5.74, 6) is 0.196. The number of amides is 1. The van der Waals surface area contributed by atoms with E-state index in [2.05, 4.69) is 0 Å². The molecule has 6 heteroatoms. The van der Waals surface area contributed by atoms with E-state index in [1.807, 2.05) is 19.2 Å². The van der Waals surface area contributed by atoms with Crippen LogP contribution in [0.5, 0.6) is 0 Å². The molecule has 21 heavy (non-hydrogen) atoms. The Morgan fingerprint density at radius 2 is 2.05 bits per heavy atom. The fourth-order valence-corrected chi connectivity index (χ4v) is 4.11. The van der Waals surface area contributed by atoms with Crippen molar-refractivity contribution >= 4 is 41.3 Å². The van der Waals surface area contributed by atoms with Gasteiger partial charge in [-0.2, -0.15) is 0 Å². The van der Waals surface area contributed by atoms with Gasteiger partial charge in [0.15, 0.2) is 0 Å². The van der Waals surface area contributed by atoms with E-state index < -0.39 is 0 Å². The summed E-state index contributed by atoms with van der Waals surface area (Å²) in [5.41, 5.74) is 5.99. The third-order valence-corrected chi connectivity index (χ3v) is 5.54. The third-order valence-electron chi connectivity index (χ3n) is 4.32. The second kappa shape index (κ2) is 8.37. The molecule has 1 amide bonds. The van der Waals surface area contributed by atoms with Crippen molar-refractivity contribution in [3.63, 3.8) is 0 Å². The number of halogens is 2. The molecule has 1 fully saturated rings. The van der Waals surface area contributed by atoms with Crippen LogP contribution in [0.2, 0.25) is 4.34 Å². The lowest BCUT2D eigenvalue weighted by Gasteiger charge is -2.36. The topological polar surface area (TPSA) is 46.3 Å².